The molecule has 0 radical (unpaired) electrons. The minimum absolute atomic E-state index is 0.0696. The summed E-state index contributed by atoms with van der Waals surface area (Å²) in [7, 11) is 1.80. The van der Waals surface area contributed by atoms with Crippen LogP contribution in [0.5, 0.6) is 0 Å². The molecule has 1 saturated heterocycles. The summed E-state index contributed by atoms with van der Waals surface area (Å²) < 4.78 is 5.42. The van der Waals surface area contributed by atoms with Crippen LogP contribution in [0.4, 0.5) is 4.79 Å². The molecule has 1 aliphatic rings. The number of hydrogen-bond donors (Lipinski definition) is 2. The van der Waals surface area contributed by atoms with Gasteiger partial charge in [-0.25, -0.2) is 4.79 Å². The number of hydrogen-bond acceptors (Lipinski definition) is 4. The molecule has 2 amide bonds. The van der Waals surface area contributed by atoms with Gasteiger partial charge in [0.1, 0.15) is 0 Å². The molecule has 6 heteroatoms. The number of carbonyl (C=O) groups is 1. The fourth-order valence-electron chi connectivity index (χ4n) is 3.65. The molecule has 0 unspecified atom stereocenters. The van der Waals surface area contributed by atoms with Crippen LogP contribution in [0.3, 0.4) is 0 Å². The second-order valence-corrected chi connectivity index (χ2v) is 8.36. The highest BCUT2D eigenvalue weighted by Gasteiger charge is 2.34. The molecular weight excluding hydrogens is 360 g/mol. The Morgan fingerprint density at radius 3 is 2.67 bits per heavy atom. The van der Waals surface area contributed by atoms with Gasteiger partial charge >= 0.3 is 6.03 Å². The molecule has 2 heterocycles. The number of aliphatic hydroxyl groups is 1. The summed E-state index contributed by atoms with van der Waals surface area (Å²) in [6, 6.07) is 11.9. The van der Waals surface area contributed by atoms with Gasteiger partial charge in [0.25, 0.3) is 0 Å². The van der Waals surface area contributed by atoms with Crippen molar-refractivity contribution in [2.45, 2.75) is 25.8 Å². The van der Waals surface area contributed by atoms with E-state index in [0.717, 1.165) is 28.8 Å². The normalized spacial score (nSPS) is 17.3. The van der Waals surface area contributed by atoms with E-state index in [0.29, 0.717) is 19.8 Å². The number of amides is 2. The molecule has 27 heavy (non-hydrogen) atoms. The van der Waals surface area contributed by atoms with E-state index in [4.69, 9.17) is 4.74 Å². The van der Waals surface area contributed by atoms with Crippen molar-refractivity contribution in [3.63, 3.8) is 0 Å². The molecule has 1 fully saturated rings. The maximum Gasteiger partial charge on any atom is 0.317 e. The topological polar surface area (TPSA) is 61.8 Å². The summed E-state index contributed by atoms with van der Waals surface area (Å²) in [4.78, 5) is 15.8. The molecule has 1 aromatic heterocycles. The van der Waals surface area contributed by atoms with E-state index in [9.17, 15) is 9.90 Å². The van der Waals surface area contributed by atoms with Crippen molar-refractivity contribution >= 4 is 17.4 Å². The van der Waals surface area contributed by atoms with Crippen LogP contribution in [0.25, 0.3) is 0 Å². The van der Waals surface area contributed by atoms with Gasteiger partial charge in [0.2, 0.25) is 0 Å². The molecule has 2 N–H and O–H groups in total. The second-order valence-electron chi connectivity index (χ2n) is 7.38. The van der Waals surface area contributed by atoms with Crippen LogP contribution in [0.2, 0.25) is 0 Å². The third-order valence-corrected chi connectivity index (χ3v) is 6.34. The molecule has 5 nitrogen and oxygen atoms in total. The quantitative estimate of drug-likeness (QED) is 0.795. The standard InChI is InChI=1S/C21H28N2O3S/c1-16-6-3-4-7-17(16)19(18-8-5-13-27-18)22-20(25)23(2)14-21(15-24)9-11-26-12-10-21/h3-8,13,19,24H,9-12,14-15H2,1-2H3,(H,22,25)/t19-/m1/s1. The van der Waals surface area contributed by atoms with E-state index in [1.165, 1.54) is 0 Å². The number of nitrogens with one attached hydrogen (secondary N) is 1. The fourth-order valence-corrected chi connectivity index (χ4v) is 4.44. The van der Waals surface area contributed by atoms with Gasteiger partial charge in [-0.2, -0.15) is 0 Å². The first kappa shape index (κ1) is 19.9. The first-order valence-corrected chi connectivity index (χ1v) is 10.2. The minimum atomic E-state index is -0.272. The van der Waals surface area contributed by atoms with Crippen LogP contribution in [-0.2, 0) is 4.74 Å². The molecule has 146 valence electrons. The summed E-state index contributed by atoms with van der Waals surface area (Å²) in [6.45, 7) is 3.92. The second kappa shape index (κ2) is 8.87. The van der Waals surface area contributed by atoms with Gasteiger partial charge < -0.3 is 20.1 Å². The Morgan fingerprint density at radius 1 is 1.30 bits per heavy atom. The molecule has 2 aromatic rings. The number of thiophene rings is 1. The largest absolute Gasteiger partial charge is 0.396 e. The summed E-state index contributed by atoms with van der Waals surface area (Å²) in [5, 5.41) is 15.1. The number of aliphatic hydroxyl groups excluding tert-OH is 1. The van der Waals surface area contributed by atoms with Crippen LogP contribution < -0.4 is 5.32 Å². The van der Waals surface area contributed by atoms with Crippen molar-refractivity contribution in [1.29, 1.82) is 0 Å². The zero-order valence-corrected chi connectivity index (χ0v) is 16.8. The Morgan fingerprint density at radius 2 is 2.04 bits per heavy atom. The van der Waals surface area contributed by atoms with E-state index < -0.39 is 0 Å². The van der Waals surface area contributed by atoms with Gasteiger partial charge in [0.15, 0.2) is 0 Å². The number of rotatable bonds is 6. The lowest BCUT2D eigenvalue weighted by molar-refractivity contribution is -0.0261. The predicted molar refractivity (Wildman–Crippen MR) is 108 cm³/mol. The molecule has 0 aliphatic carbocycles. The smallest absolute Gasteiger partial charge is 0.317 e. The van der Waals surface area contributed by atoms with E-state index >= 15 is 0 Å². The van der Waals surface area contributed by atoms with Crippen molar-refractivity contribution < 1.29 is 14.6 Å². The zero-order chi connectivity index (χ0) is 19.3. The highest BCUT2D eigenvalue weighted by Crippen LogP contribution is 2.32. The summed E-state index contributed by atoms with van der Waals surface area (Å²) >= 11 is 1.64. The molecule has 0 bridgehead atoms. The fraction of sp³-hybridized carbons (Fsp3) is 0.476. The number of benzene rings is 1. The molecule has 0 spiro atoms. The van der Waals surface area contributed by atoms with Crippen LogP contribution in [-0.4, -0.2) is 49.5 Å². The van der Waals surface area contributed by atoms with Crippen molar-refractivity contribution in [3.05, 3.63) is 57.8 Å². The van der Waals surface area contributed by atoms with E-state index in [-0.39, 0.29) is 24.1 Å². The molecule has 0 saturated carbocycles. The third kappa shape index (κ3) is 4.69. The number of ether oxygens (including phenoxy) is 1. The predicted octanol–water partition coefficient (Wildman–Crippen LogP) is 3.58. The highest BCUT2D eigenvalue weighted by atomic mass is 32.1. The minimum Gasteiger partial charge on any atom is -0.396 e. The summed E-state index contributed by atoms with van der Waals surface area (Å²) in [6.07, 6.45) is 1.54. The Bertz CT molecular complexity index is 742. The van der Waals surface area contributed by atoms with Crippen LogP contribution in [0.15, 0.2) is 41.8 Å². The van der Waals surface area contributed by atoms with Crippen molar-refractivity contribution in [2.24, 2.45) is 5.41 Å². The Labute approximate surface area is 165 Å². The molecule has 1 aromatic carbocycles. The van der Waals surface area contributed by atoms with Crippen LogP contribution in [0, 0.1) is 12.3 Å². The molecule has 1 aliphatic heterocycles. The molecular formula is C21H28N2O3S. The number of aryl methyl sites for hydroxylation is 1. The SMILES string of the molecule is Cc1ccccc1[C@@H](NC(=O)N(C)CC1(CO)CCOCC1)c1cccs1. The van der Waals surface area contributed by atoms with Crippen LogP contribution in [0.1, 0.15) is 34.9 Å². The van der Waals surface area contributed by atoms with Gasteiger partial charge in [0, 0.05) is 37.1 Å². The lowest BCUT2D eigenvalue weighted by Gasteiger charge is -2.38. The number of nitrogens with zero attached hydrogens (tertiary/aromatic N) is 1. The number of urea groups is 1. The summed E-state index contributed by atoms with van der Waals surface area (Å²) in [5.74, 6) is 0. The van der Waals surface area contributed by atoms with Crippen LogP contribution >= 0.6 is 11.3 Å². The lowest BCUT2D eigenvalue weighted by atomic mass is 9.80. The number of carbonyl (C=O) groups excluding carboxylic acids is 1. The average molecular weight is 389 g/mol. The average Bonchev–Trinajstić information content (AvgIpc) is 3.22. The van der Waals surface area contributed by atoms with Gasteiger partial charge in [-0.15, -0.1) is 11.3 Å². The van der Waals surface area contributed by atoms with E-state index in [1.807, 2.05) is 23.6 Å². The highest BCUT2D eigenvalue weighted by molar-refractivity contribution is 7.10. The van der Waals surface area contributed by atoms with Gasteiger partial charge in [-0.3, -0.25) is 0 Å². The lowest BCUT2D eigenvalue weighted by Crippen LogP contribution is -2.48. The maximum atomic E-state index is 13.0. The van der Waals surface area contributed by atoms with Gasteiger partial charge in [0.05, 0.1) is 12.6 Å². The monoisotopic (exact) mass is 388 g/mol. The van der Waals surface area contributed by atoms with Crippen molar-refractivity contribution in [2.75, 3.05) is 33.4 Å². The van der Waals surface area contributed by atoms with E-state index in [1.54, 1.807) is 23.3 Å². The Hall–Kier alpha value is -1.89. The van der Waals surface area contributed by atoms with Crippen molar-refractivity contribution in [1.82, 2.24) is 10.2 Å². The van der Waals surface area contributed by atoms with Gasteiger partial charge in [-0.1, -0.05) is 30.3 Å². The molecule has 3 rings (SSSR count). The zero-order valence-electron chi connectivity index (χ0n) is 16.0. The first-order chi connectivity index (χ1) is 13.0. The Kier molecular flexibility index (Phi) is 6.52. The molecule has 1 atom stereocenters. The van der Waals surface area contributed by atoms with Crippen molar-refractivity contribution in [3.8, 4) is 0 Å². The summed E-state index contributed by atoms with van der Waals surface area (Å²) in [5.41, 5.74) is 1.98. The van der Waals surface area contributed by atoms with Gasteiger partial charge in [-0.05, 0) is 42.3 Å². The van der Waals surface area contributed by atoms with E-state index in [2.05, 4.69) is 30.4 Å². The first-order valence-electron chi connectivity index (χ1n) is 9.34. The Balaban J connectivity index is 1.75. The maximum absolute atomic E-state index is 13.0. The third-order valence-electron chi connectivity index (χ3n) is 5.40.